The maximum Gasteiger partial charge on any atom is 0.317 e. The molecule has 19 heavy (non-hydrogen) atoms. The summed E-state index contributed by atoms with van der Waals surface area (Å²) in [4.78, 5) is 12.9. The third kappa shape index (κ3) is 2.87. The van der Waals surface area contributed by atoms with Crippen LogP contribution >= 0.6 is 0 Å². The number of hydrogen-bond acceptors (Lipinski definition) is 5. The zero-order valence-corrected chi connectivity index (χ0v) is 11.6. The molecule has 1 saturated heterocycles. The van der Waals surface area contributed by atoms with Crippen LogP contribution in [-0.2, 0) is 10.0 Å². The molecule has 106 valence electrons. The fourth-order valence-electron chi connectivity index (χ4n) is 1.97. The van der Waals surface area contributed by atoms with Crippen molar-refractivity contribution in [2.45, 2.75) is 18.7 Å². The predicted molar refractivity (Wildman–Crippen MR) is 66.1 cm³/mol. The van der Waals surface area contributed by atoms with Gasteiger partial charge in [0.05, 0.1) is 0 Å². The van der Waals surface area contributed by atoms with Gasteiger partial charge >= 0.3 is 6.03 Å². The van der Waals surface area contributed by atoms with E-state index in [4.69, 9.17) is 4.52 Å². The van der Waals surface area contributed by atoms with E-state index in [1.54, 1.807) is 18.7 Å². The molecule has 2 amide bonds. The van der Waals surface area contributed by atoms with E-state index in [1.807, 2.05) is 0 Å². The largest absolute Gasteiger partial charge is 0.360 e. The van der Waals surface area contributed by atoms with Gasteiger partial charge in [-0.2, -0.15) is 0 Å². The summed E-state index contributed by atoms with van der Waals surface area (Å²) in [6.07, 6.45) is 0. The predicted octanol–water partition coefficient (Wildman–Crippen LogP) is -0.405. The molecule has 1 aromatic rings. The van der Waals surface area contributed by atoms with Crippen molar-refractivity contribution in [3.63, 3.8) is 0 Å². The number of aryl methyl sites for hydroxylation is 2. The second-order valence-electron chi connectivity index (χ2n) is 4.27. The zero-order valence-electron chi connectivity index (χ0n) is 10.8. The summed E-state index contributed by atoms with van der Waals surface area (Å²) >= 11 is 0. The van der Waals surface area contributed by atoms with Gasteiger partial charge in [0, 0.05) is 26.2 Å². The number of nitrogens with one attached hydrogen (secondary N) is 2. The Kier molecular flexibility index (Phi) is 3.76. The van der Waals surface area contributed by atoms with Gasteiger partial charge in [-0.15, -0.1) is 0 Å². The lowest BCUT2D eigenvalue weighted by Gasteiger charge is -2.14. The Balaban J connectivity index is 1.97. The molecule has 0 radical (unpaired) electrons. The second-order valence-corrected chi connectivity index (χ2v) is 5.97. The van der Waals surface area contributed by atoms with Crippen molar-refractivity contribution in [1.29, 1.82) is 0 Å². The molecule has 0 aromatic carbocycles. The minimum atomic E-state index is -3.65. The Labute approximate surface area is 111 Å². The van der Waals surface area contributed by atoms with Gasteiger partial charge in [0.15, 0.2) is 5.76 Å². The topological polar surface area (TPSA) is 105 Å². The van der Waals surface area contributed by atoms with Gasteiger partial charge in [0.2, 0.25) is 10.0 Å². The van der Waals surface area contributed by atoms with E-state index in [2.05, 4.69) is 15.2 Å². The van der Waals surface area contributed by atoms with Crippen LogP contribution in [0.4, 0.5) is 4.79 Å². The average molecular weight is 288 g/mol. The summed E-state index contributed by atoms with van der Waals surface area (Å²) in [5, 5.41) is 6.26. The van der Waals surface area contributed by atoms with Crippen LogP contribution < -0.4 is 10.0 Å². The van der Waals surface area contributed by atoms with E-state index in [1.165, 1.54) is 0 Å². The molecular weight excluding hydrogens is 272 g/mol. The Bertz CT molecular complexity index is 561. The Morgan fingerprint density at radius 2 is 2.21 bits per heavy atom. The molecule has 9 heteroatoms. The number of hydrogen-bond donors (Lipinski definition) is 2. The summed E-state index contributed by atoms with van der Waals surface area (Å²) < 4.78 is 31.4. The fourth-order valence-corrected chi connectivity index (χ4v) is 3.32. The van der Waals surface area contributed by atoms with Crippen LogP contribution in [0.15, 0.2) is 9.42 Å². The van der Waals surface area contributed by atoms with Gasteiger partial charge in [-0.3, -0.25) is 0 Å². The summed E-state index contributed by atoms with van der Waals surface area (Å²) in [6, 6.07) is -0.170. The molecule has 0 atom stereocenters. The fraction of sp³-hybridized carbons (Fsp3) is 0.600. The van der Waals surface area contributed by atoms with E-state index in [9.17, 15) is 13.2 Å². The minimum absolute atomic E-state index is 0.0679. The summed E-state index contributed by atoms with van der Waals surface area (Å²) in [7, 11) is -3.65. The molecule has 8 nitrogen and oxygen atoms in total. The van der Waals surface area contributed by atoms with E-state index in [0.717, 1.165) is 0 Å². The van der Waals surface area contributed by atoms with E-state index < -0.39 is 10.0 Å². The maximum atomic E-state index is 12.1. The molecule has 1 aromatic heterocycles. The molecule has 1 aliphatic heterocycles. The van der Waals surface area contributed by atoms with Crippen LogP contribution in [0.5, 0.6) is 0 Å². The van der Waals surface area contributed by atoms with Crippen LogP contribution in [0.25, 0.3) is 0 Å². The first-order valence-corrected chi connectivity index (χ1v) is 7.35. The lowest BCUT2D eigenvalue weighted by Crippen LogP contribution is -2.37. The van der Waals surface area contributed by atoms with Crippen molar-refractivity contribution in [1.82, 2.24) is 20.1 Å². The Hall–Kier alpha value is -1.61. The van der Waals surface area contributed by atoms with Gasteiger partial charge in [-0.25, -0.2) is 17.9 Å². The number of amides is 2. The Morgan fingerprint density at radius 3 is 2.74 bits per heavy atom. The number of carbonyl (C=O) groups is 1. The molecule has 0 saturated carbocycles. The first kappa shape index (κ1) is 13.8. The molecular formula is C10H16N4O4S. The zero-order chi connectivity index (χ0) is 14.0. The minimum Gasteiger partial charge on any atom is -0.360 e. The van der Waals surface area contributed by atoms with Crippen molar-refractivity contribution in [3.05, 3.63) is 11.5 Å². The number of rotatable bonds is 5. The molecule has 2 rings (SSSR count). The lowest BCUT2D eigenvalue weighted by molar-refractivity contribution is 0.218. The van der Waals surface area contributed by atoms with Crippen LogP contribution in [0.1, 0.15) is 11.5 Å². The molecule has 2 N–H and O–H groups in total. The van der Waals surface area contributed by atoms with Crippen LogP contribution in [-0.4, -0.2) is 50.7 Å². The first-order chi connectivity index (χ1) is 8.92. The standard InChI is InChI=1S/C10H16N4O4S/c1-7-9(8(2)18-13-7)19(16,17)12-4-6-14-5-3-11-10(14)15/h12H,3-6H2,1-2H3,(H,11,15). The molecule has 0 bridgehead atoms. The SMILES string of the molecule is Cc1noc(C)c1S(=O)(=O)NCCN1CCNC1=O. The van der Waals surface area contributed by atoms with Crippen molar-refractivity contribution in [3.8, 4) is 0 Å². The van der Waals surface area contributed by atoms with Gasteiger partial charge in [0.1, 0.15) is 10.6 Å². The van der Waals surface area contributed by atoms with Crippen molar-refractivity contribution in [2.24, 2.45) is 0 Å². The maximum absolute atomic E-state index is 12.1. The molecule has 0 spiro atoms. The van der Waals surface area contributed by atoms with Crippen LogP contribution in [0.2, 0.25) is 0 Å². The van der Waals surface area contributed by atoms with E-state index in [-0.39, 0.29) is 23.2 Å². The van der Waals surface area contributed by atoms with Gasteiger partial charge in [-0.1, -0.05) is 5.16 Å². The smallest absolute Gasteiger partial charge is 0.317 e. The van der Waals surface area contributed by atoms with E-state index in [0.29, 0.717) is 25.3 Å². The summed E-state index contributed by atoms with van der Waals surface area (Å²) in [6.45, 7) is 4.77. The molecule has 1 fully saturated rings. The summed E-state index contributed by atoms with van der Waals surface area (Å²) in [5.41, 5.74) is 0.323. The molecule has 2 heterocycles. The number of carbonyl (C=O) groups excluding carboxylic acids is 1. The van der Waals surface area contributed by atoms with Crippen LogP contribution in [0, 0.1) is 13.8 Å². The molecule has 1 aliphatic rings. The van der Waals surface area contributed by atoms with Crippen LogP contribution in [0.3, 0.4) is 0 Å². The number of urea groups is 1. The van der Waals surface area contributed by atoms with E-state index >= 15 is 0 Å². The summed E-state index contributed by atoms with van der Waals surface area (Å²) in [5.74, 6) is 0.254. The second kappa shape index (κ2) is 5.17. The van der Waals surface area contributed by atoms with Gasteiger partial charge in [0.25, 0.3) is 0 Å². The number of nitrogens with zero attached hydrogens (tertiary/aromatic N) is 2. The third-order valence-corrected chi connectivity index (χ3v) is 4.56. The van der Waals surface area contributed by atoms with Gasteiger partial charge in [-0.05, 0) is 13.8 Å². The van der Waals surface area contributed by atoms with Crippen molar-refractivity contribution in [2.75, 3.05) is 26.2 Å². The lowest BCUT2D eigenvalue weighted by atomic mass is 10.4. The monoisotopic (exact) mass is 288 g/mol. The van der Waals surface area contributed by atoms with Crippen molar-refractivity contribution >= 4 is 16.1 Å². The first-order valence-electron chi connectivity index (χ1n) is 5.87. The highest BCUT2D eigenvalue weighted by Gasteiger charge is 2.25. The van der Waals surface area contributed by atoms with Crippen molar-refractivity contribution < 1.29 is 17.7 Å². The normalized spacial score (nSPS) is 15.9. The quantitative estimate of drug-likeness (QED) is 0.766. The van der Waals surface area contributed by atoms with Gasteiger partial charge < -0.3 is 14.7 Å². The molecule has 0 unspecified atom stereocenters. The highest BCUT2D eigenvalue weighted by molar-refractivity contribution is 7.89. The average Bonchev–Trinajstić information content (AvgIpc) is 2.86. The number of sulfonamides is 1. The molecule has 0 aliphatic carbocycles. The number of aromatic nitrogens is 1. The highest BCUT2D eigenvalue weighted by atomic mass is 32.2. The highest BCUT2D eigenvalue weighted by Crippen LogP contribution is 2.18. The Morgan fingerprint density at radius 1 is 1.47 bits per heavy atom. The third-order valence-electron chi connectivity index (χ3n) is 2.86.